The molecule has 1 saturated carbocycles. The third-order valence-electron chi connectivity index (χ3n) is 4.69. The molecule has 1 aliphatic carbocycles. The Bertz CT molecular complexity index is 374. The summed E-state index contributed by atoms with van der Waals surface area (Å²) in [7, 11) is 0. The Kier molecular flexibility index (Phi) is 3.21. The van der Waals surface area contributed by atoms with E-state index >= 15 is 0 Å². The van der Waals surface area contributed by atoms with Crippen molar-refractivity contribution in [1.29, 1.82) is 0 Å². The molecule has 3 nitrogen and oxygen atoms in total. The van der Waals surface area contributed by atoms with Crippen molar-refractivity contribution in [3.8, 4) is 0 Å². The molecule has 3 heteroatoms. The van der Waals surface area contributed by atoms with Crippen molar-refractivity contribution >= 4 is 0 Å². The Hall–Kier alpha value is -0.960. The monoisotopic (exact) mass is 233 g/mol. The first-order chi connectivity index (χ1) is 8.05. The molecule has 0 bridgehead atoms. The SMILES string of the molecule is CCCNCC1C(C)(C)C1(C)c1cnccn1. The van der Waals surface area contributed by atoms with E-state index in [0.29, 0.717) is 11.3 Å². The zero-order chi connectivity index (χ0) is 12.5. The Morgan fingerprint density at radius 3 is 2.65 bits per heavy atom. The minimum Gasteiger partial charge on any atom is -0.316 e. The first kappa shape index (κ1) is 12.5. The quantitative estimate of drug-likeness (QED) is 0.794. The van der Waals surface area contributed by atoms with Gasteiger partial charge in [-0.25, -0.2) is 0 Å². The molecule has 0 saturated heterocycles. The lowest BCUT2D eigenvalue weighted by atomic mass is 9.95. The summed E-state index contributed by atoms with van der Waals surface area (Å²) < 4.78 is 0. The van der Waals surface area contributed by atoms with E-state index in [-0.39, 0.29) is 5.41 Å². The highest BCUT2D eigenvalue weighted by molar-refractivity contribution is 5.33. The van der Waals surface area contributed by atoms with Crippen molar-refractivity contribution in [2.24, 2.45) is 11.3 Å². The second kappa shape index (κ2) is 4.37. The van der Waals surface area contributed by atoms with Gasteiger partial charge < -0.3 is 5.32 Å². The average molecular weight is 233 g/mol. The molecule has 0 amide bonds. The number of rotatable bonds is 5. The molecular formula is C14H23N3. The molecule has 1 heterocycles. The third kappa shape index (κ3) is 1.86. The van der Waals surface area contributed by atoms with Crippen LogP contribution in [0.3, 0.4) is 0 Å². The second-order valence-electron chi connectivity index (χ2n) is 5.77. The summed E-state index contributed by atoms with van der Waals surface area (Å²) in [5, 5.41) is 3.53. The molecule has 1 N–H and O–H groups in total. The van der Waals surface area contributed by atoms with Gasteiger partial charge in [-0.15, -0.1) is 0 Å². The van der Waals surface area contributed by atoms with E-state index in [4.69, 9.17) is 0 Å². The van der Waals surface area contributed by atoms with Crippen LogP contribution in [0.25, 0.3) is 0 Å². The largest absolute Gasteiger partial charge is 0.316 e. The van der Waals surface area contributed by atoms with Gasteiger partial charge in [-0.05, 0) is 30.8 Å². The maximum absolute atomic E-state index is 4.50. The van der Waals surface area contributed by atoms with Crippen LogP contribution in [-0.4, -0.2) is 23.1 Å². The minimum atomic E-state index is 0.169. The van der Waals surface area contributed by atoms with Crippen molar-refractivity contribution in [2.45, 2.75) is 39.5 Å². The highest BCUT2D eigenvalue weighted by Crippen LogP contribution is 2.68. The predicted molar refractivity (Wildman–Crippen MR) is 69.8 cm³/mol. The first-order valence-electron chi connectivity index (χ1n) is 6.52. The van der Waals surface area contributed by atoms with Crippen molar-refractivity contribution in [1.82, 2.24) is 15.3 Å². The molecule has 1 aromatic heterocycles. The van der Waals surface area contributed by atoms with Gasteiger partial charge in [0.15, 0.2) is 0 Å². The number of aromatic nitrogens is 2. The molecule has 2 unspecified atom stereocenters. The summed E-state index contributed by atoms with van der Waals surface area (Å²) in [5.41, 5.74) is 1.61. The Labute approximate surface area is 104 Å². The summed E-state index contributed by atoms with van der Waals surface area (Å²) in [4.78, 5) is 8.70. The van der Waals surface area contributed by atoms with Crippen molar-refractivity contribution in [2.75, 3.05) is 13.1 Å². The smallest absolute Gasteiger partial charge is 0.0654 e. The molecule has 94 valence electrons. The number of nitrogens with zero attached hydrogens (tertiary/aromatic N) is 2. The minimum absolute atomic E-state index is 0.169. The van der Waals surface area contributed by atoms with Crippen molar-refractivity contribution in [3.05, 3.63) is 24.3 Å². The average Bonchev–Trinajstić information content (AvgIpc) is 2.77. The van der Waals surface area contributed by atoms with E-state index in [1.54, 1.807) is 12.4 Å². The highest BCUT2D eigenvalue weighted by atomic mass is 14.9. The number of hydrogen-bond acceptors (Lipinski definition) is 3. The fourth-order valence-electron chi connectivity index (χ4n) is 3.06. The summed E-state index contributed by atoms with van der Waals surface area (Å²) in [6, 6.07) is 0. The van der Waals surface area contributed by atoms with Gasteiger partial charge >= 0.3 is 0 Å². The lowest BCUT2D eigenvalue weighted by molar-refractivity contribution is 0.502. The van der Waals surface area contributed by atoms with Gasteiger partial charge in [0.1, 0.15) is 0 Å². The number of hydrogen-bond donors (Lipinski definition) is 1. The van der Waals surface area contributed by atoms with Gasteiger partial charge in [-0.1, -0.05) is 27.7 Å². The van der Waals surface area contributed by atoms with Crippen LogP contribution in [-0.2, 0) is 5.41 Å². The molecule has 1 aromatic rings. The molecule has 0 spiro atoms. The van der Waals surface area contributed by atoms with Crippen LogP contribution in [0, 0.1) is 11.3 Å². The maximum Gasteiger partial charge on any atom is 0.0654 e. The lowest BCUT2D eigenvalue weighted by Crippen LogP contribution is -2.21. The van der Waals surface area contributed by atoms with Crippen LogP contribution in [0.1, 0.15) is 39.8 Å². The first-order valence-corrected chi connectivity index (χ1v) is 6.52. The molecular weight excluding hydrogens is 210 g/mol. The van der Waals surface area contributed by atoms with Gasteiger partial charge in [0.05, 0.1) is 5.69 Å². The third-order valence-corrected chi connectivity index (χ3v) is 4.69. The zero-order valence-electron chi connectivity index (χ0n) is 11.3. The van der Waals surface area contributed by atoms with E-state index in [2.05, 4.69) is 43.0 Å². The summed E-state index contributed by atoms with van der Waals surface area (Å²) in [6.45, 7) is 11.4. The van der Waals surface area contributed by atoms with Crippen LogP contribution in [0.4, 0.5) is 0 Å². The summed E-state index contributed by atoms with van der Waals surface area (Å²) >= 11 is 0. The molecule has 0 radical (unpaired) electrons. The molecule has 2 atom stereocenters. The normalized spacial score (nSPS) is 30.2. The molecule has 1 aliphatic rings. The Morgan fingerprint density at radius 1 is 1.29 bits per heavy atom. The second-order valence-corrected chi connectivity index (χ2v) is 5.77. The van der Waals surface area contributed by atoms with E-state index in [0.717, 1.165) is 18.8 Å². The standard InChI is InChI=1S/C14H23N3/c1-5-6-15-9-11-13(2,3)14(11,4)12-10-16-7-8-17-12/h7-8,10-11,15H,5-6,9H2,1-4H3. The molecule has 0 aliphatic heterocycles. The summed E-state index contributed by atoms with van der Waals surface area (Å²) in [6.07, 6.45) is 6.65. The topological polar surface area (TPSA) is 37.8 Å². The molecule has 2 rings (SSSR count). The predicted octanol–water partition coefficient (Wildman–Crippen LogP) is 2.39. The van der Waals surface area contributed by atoms with Gasteiger partial charge in [0, 0.05) is 24.0 Å². The molecule has 1 fully saturated rings. The number of nitrogens with one attached hydrogen (secondary N) is 1. The van der Waals surface area contributed by atoms with Gasteiger partial charge in [0.2, 0.25) is 0 Å². The van der Waals surface area contributed by atoms with Gasteiger partial charge in [0.25, 0.3) is 0 Å². The van der Waals surface area contributed by atoms with Crippen LogP contribution in [0.15, 0.2) is 18.6 Å². The van der Waals surface area contributed by atoms with Crippen LogP contribution < -0.4 is 5.32 Å². The van der Waals surface area contributed by atoms with E-state index in [1.807, 2.05) is 6.20 Å². The molecule has 17 heavy (non-hydrogen) atoms. The van der Waals surface area contributed by atoms with Crippen LogP contribution in [0.2, 0.25) is 0 Å². The Morgan fingerprint density at radius 2 is 2.06 bits per heavy atom. The molecule has 0 aromatic carbocycles. The highest BCUT2D eigenvalue weighted by Gasteiger charge is 2.68. The lowest BCUT2D eigenvalue weighted by Gasteiger charge is -2.13. The van der Waals surface area contributed by atoms with E-state index in [1.165, 1.54) is 6.42 Å². The fourth-order valence-corrected chi connectivity index (χ4v) is 3.06. The van der Waals surface area contributed by atoms with E-state index in [9.17, 15) is 0 Å². The van der Waals surface area contributed by atoms with Crippen LogP contribution >= 0.6 is 0 Å². The van der Waals surface area contributed by atoms with Gasteiger partial charge in [-0.3, -0.25) is 9.97 Å². The maximum atomic E-state index is 4.50. The van der Waals surface area contributed by atoms with Crippen molar-refractivity contribution < 1.29 is 0 Å². The summed E-state index contributed by atoms with van der Waals surface area (Å²) in [5.74, 6) is 0.651. The van der Waals surface area contributed by atoms with Crippen LogP contribution in [0.5, 0.6) is 0 Å². The Balaban J connectivity index is 2.11. The van der Waals surface area contributed by atoms with Crippen molar-refractivity contribution in [3.63, 3.8) is 0 Å². The zero-order valence-corrected chi connectivity index (χ0v) is 11.3. The van der Waals surface area contributed by atoms with Gasteiger partial charge in [-0.2, -0.15) is 0 Å². The fraction of sp³-hybridized carbons (Fsp3) is 0.714. The van der Waals surface area contributed by atoms with E-state index < -0.39 is 0 Å².